The van der Waals surface area contributed by atoms with E-state index in [1.165, 1.54) is 5.56 Å². The van der Waals surface area contributed by atoms with Gasteiger partial charge < -0.3 is 11.1 Å². The number of rotatable bonds is 3. The number of anilines is 2. The fraction of sp³-hybridized carbons (Fsp3) is 0.188. The maximum Gasteiger partial charge on any atom is 0.255 e. The highest BCUT2D eigenvalue weighted by Gasteiger charge is 2.09. The number of aryl methyl sites for hydroxylation is 2. The summed E-state index contributed by atoms with van der Waals surface area (Å²) in [6.45, 7) is 3.96. The van der Waals surface area contributed by atoms with E-state index in [1.807, 2.05) is 31.2 Å². The second-order valence-electron chi connectivity index (χ2n) is 4.69. The normalized spacial score (nSPS) is 10.3. The van der Waals surface area contributed by atoms with Crippen LogP contribution in [0.4, 0.5) is 11.4 Å². The predicted octanol–water partition coefficient (Wildman–Crippen LogP) is 4.05. The molecule has 0 unspecified atom stereocenters. The Bertz CT molecular complexity index is 636. The maximum absolute atomic E-state index is 12.2. The topological polar surface area (TPSA) is 55.1 Å². The number of benzene rings is 2. The van der Waals surface area contributed by atoms with Crippen molar-refractivity contribution in [3.05, 3.63) is 58.1 Å². The molecule has 0 spiro atoms. The Morgan fingerprint density at radius 2 is 1.90 bits per heavy atom. The quantitative estimate of drug-likeness (QED) is 0.837. The van der Waals surface area contributed by atoms with E-state index in [1.54, 1.807) is 12.1 Å². The Hall–Kier alpha value is -2.00. The van der Waals surface area contributed by atoms with E-state index in [0.717, 1.165) is 12.0 Å². The summed E-state index contributed by atoms with van der Waals surface area (Å²) >= 11 is 5.98. The Balaban J connectivity index is 2.20. The highest BCUT2D eigenvalue weighted by molar-refractivity contribution is 6.33. The van der Waals surface area contributed by atoms with Crippen molar-refractivity contribution in [1.29, 1.82) is 0 Å². The number of hydrogen-bond donors (Lipinski definition) is 2. The molecule has 0 saturated heterocycles. The molecule has 2 aromatic rings. The summed E-state index contributed by atoms with van der Waals surface area (Å²) in [5.41, 5.74) is 9.60. The summed E-state index contributed by atoms with van der Waals surface area (Å²) in [5, 5.41) is 3.29. The minimum Gasteiger partial charge on any atom is -0.398 e. The van der Waals surface area contributed by atoms with Gasteiger partial charge in [0.1, 0.15) is 0 Å². The smallest absolute Gasteiger partial charge is 0.255 e. The lowest BCUT2D eigenvalue weighted by molar-refractivity contribution is 0.102. The summed E-state index contributed by atoms with van der Waals surface area (Å²) < 4.78 is 0. The van der Waals surface area contributed by atoms with Crippen LogP contribution in [0.1, 0.15) is 28.4 Å². The van der Waals surface area contributed by atoms with Crippen LogP contribution in [0.2, 0.25) is 5.02 Å². The molecule has 104 valence electrons. The molecule has 2 aromatic carbocycles. The van der Waals surface area contributed by atoms with Crippen LogP contribution in [0.3, 0.4) is 0 Å². The van der Waals surface area contributed by atoms with Gasteiger partial charge in [0.25, 0.3) is 5.91 Å². The lowest BCUT2D eigenvalue weighted by Gasteiger charge is -2.10. The lowest BCUT2D eigenvalue weighted by atomic mass is 10.1. The molecule has 3 N–H and O–H groups in total. The van der Waals surface area contributed by atoms with Gasteiger partial charge in [-0.05, 0) is 48.7 Å². The standard InChI is InChI=1S/C16H17ClN2O/c1-3-11-4-6-12(7-5-11)16(20)19-15-9-13(17)14(18)8-10(15)2/h4-9H,3,18H2,1-2H3,(H,19,20). The van der Waals surface area contributed by atoms with Crippen LogP contribution in [-0.2, 0) is 6.42 Å². The van der Waals surface area contributed by atoms with Crippen LogP contribution in [0.25, 0.3) is 0 Å². The van der Waals surface area contributed by atoms with Crippen molar-refractivity contribution >= 4 is 28.9 Å². The lowest BCUT2D eigenvalue weighted by Crippen LogP contribution is -2.13. The first-order valence-corrected chi connectivity index (χ1v) is 6.85. The highest BCUT2D eigenvalue weighted by atomic mass is 35.5. The van der Waals surface area contributed by atoms with Crippen molar-refractivity contribution in [3.63, 3.8) is 0 Å². The number of carbonyl (C=O) groups is 1. The molecule has 0 bridgehead atoms. The molecule has 1 amide bonds. The van der Waals surface area contributed by atoms with Crippen molar-refractivity contribution in [3.8, 4) is 0 Å². The molecule has 2 rings (SSSR count). The van der Waals surface area contributed by atoms with Crippen molar-refractivity contribution in [2.24, 2.45) is 0 Å². The first-order valence-electron chi connectivity index (χ1n) is 6.47. The molecule has 0 atom stereocenters. The van der Waals surface area contributed by atoms with Crippen molar-refractivity contribution < 1.29 is 4.79 Å². The number of carbonyl (C=O) groups excluding carboxylic acids is 1. The van der Waals surface area contributed by atoms with Gasteiger partial charge in [0.05, 0.1) is 10.7 Å². The van der Waals surface area contributed by atoms with Crippen LogP contribution in [0.15, 0.2) is 36.4 Å². The number of nitrogens with two attached hydrogens (primary N) is 1. The molecule has 0 aliphatic heterocycles. The largest absolute Gasteiger partial charge is 0.398 e. The van der Waals surface area contributed by atoms with E-state index in [-0.39, 0.29) is 5.91 Å². The first kappa shape index (κ1) is 14.4. The number of nitrogens with one attached hydrogen (secondary N) is 1. The van der Waals surface area contributed by atoms with Gasteiger partial charge >= 0.3 is 0 Å². The van der Waals surface area contributed by atoms with Gasteiger partial charge in [-0.25, -0.2) is 0 Å². The zero-order valence-corrected chi connectivity index (χ0v) is 12.3. The molecule has 20 heavy (non-hydrogen) atoms. The van der Waals surface area contributed by atoms with Gasteiger partial charge in [0.2, 0.25) is 0 Å². The van der Waals surface area contributed by atoms with E-state index >= 15 is 0 Å². The zero-order chi connectivity index (χ0) is 14.7. The van der Waals surface area contributed by atoms with E-state index in [9.17, 15) is 4.79 Å². The van der Waals surface area contributed by atoms with Gasteiger partial charge in [0, 0.05) is 11.3 Å². The van der Waals surface area contributed by atoms with Crippen LogP contribution in [0.5, 0.6) is 0 Å². The molecule has 4 heteroatoms. The molecular weight excluding hydrogens is 272 g/mol. The molecule has 0 aliphatic rings. The van der Waals surface area contributed by atoms with Crippen LogP contribution in [-0.4, -0.2) is 5.91 Å². The van der Waals surface area contributed by atoms with Gasteiger partial charge in [0.15, 0.2) is 0 Å². The third-order valence-electron chi connectivity index (χ3n) is 3.22. The first-order chi connectivity index (χ1) is 9.51. The van der Waals surface area contributed by atoms with Gasteiger partial charge in [-0.2, -0.15) is 0 Å². The Morgan fingerprint density at radius 3 is 2.50 bits per heavy atom. The molecule has 0 heterocycles. The second-order valence-corrected chi connectivity index (χ2v) is 5.10. The third-order valence-corrected chi connectivity index (χ3v) is 3.54. The van der Waals surface area contributed by atoms with E-state index in [2.05, 4.69) is 12.2 Å². The monoisotopic (exact) mass is 288 g/mol. The van der Waals surface area contributed by atoms with Crippen molar-refractivity contribution in [1.82, 2.24) is 0 Å². The molecular formula is C16H17ClN2O. The number of hydrogen-bond acceptors (Lipinski definition) is 2. The summed E-state index contributed by atoms with van der Waals surface area (Å²) in [6, 6.07) is 11.0. The minimum absolute atomic E-state index is 0.156. The van der Waals surface area contributed by atoms with E-state index < -0.39 is 0 Å². The summed E-state index contributed by atoms with van der Waals surface area (Å²) in [4.78, 5) is 12.2. The number of nitrogen functional groups attached to an aromatic ring is 1. The third kappa shape index (κ3) is 3.11. The van der Waals surface area contributed by atoms with Gasteiger partial charge in [-0.15, -0.1) is 0 Å². The Kier molecular flexibility index (Phi) is 4.30. The number of halogens is 1. The minimum atomic E-state index is -0.156. The summed E-state index contributed by atoms with van der Waals surface area (Å²) in [7, 11) is 0. The summed E-state index contributed by atoms with van der Waals surface area (Å²) in [6.07, 6.45) is 0.953. The molecule has 0 radical (unpaired) electrons. The molecule has 3 nitrogen and oxygen atoms in total. The average Bonchev–Trinajstić information content (AvgIpc) is 2.44. The fourth-order valence-electron chi connectivity index (χ4n) is 1.92. The second kappa shape index (κ2) is 5.97. The van der Waals surface area contributed by atoms with Crippen molar-refractivity contribution in [2.45, 2.75) is 20.3 Å². The van der Waals surface area contributed by atoms with Gasteiger partial charge in [-0.1, -0.05) is 30.7 Å². The zero-order valence-electron chi connectivity index (χ0n) is 11.5. The van der Waals surface area contributed by atoms with Crippen LogP contribution in [0, 0.1) is 6.92 Å². The molecule has 0 fully saturated rings. The van der Waals surface area contributed by atoms with E-state index in [0.29, 0.717) is 22.0 Å². The predicted molar refractivity (Wildman–Crippen MR) is 84.4 cm³/mol. The van der Waals surface area contributed by atoms with E-state index in [4.69, 9.17) is 17.3 Å². The Labute approximate surface area is 123 Å². The average molecular weight is 289 g/mol. The van der Waals surface area contributed by atoms with Crippen LogP contribution >= 0.6 is 11.6 Å². The highest BCUT2D eigenvalue weighted by Crippen LogP contribution is 2.27. The van der Waals surface area contributed by atoms with Crippen molar-refractivity contribution in [2.75, 3.05) is 11.1 Å². The van der Waals surface area contributed by atoms with Gasteiger partial charge in [-0.3, -0.25) is 4.79 Å². The molecule has 0 aliphatic carbocycles. The molecule has 0 aromatic heterocycles. The Morgan fingerprint density at radius 1 is 1.25 bits per heavy atom. The SMILES string of the molecule is CCc1ccc(C(=O)Nc2cc(Cl)c(N)cc2C)cc1. The molecule has 0 saturated carbocycles. The fourth-order valence-corrected chi connectivity index (χ4v) is 2.09. The summed E-state index contributed by atoms with van der Waals surface area (Å²) in [5.74, 6) is -0.156. The maximum atomic E-state index is 12.2. The number of amides is 1. The van der Waals surface area contributed by atoms with Crippen LogP contribution < -0.4 is 11.1 Å².